The lowest BCUT2D eigenvalue weighted by Gasteiger charge is -2.16. The van der Waals surface area contributed by atoms with Crippen LogP contribution in [0.2, 0.25) is 5.02 Å². The fourth-order valence-corrected chi connectivity index (χ4v) is 1.85. The van der Waals surface area contributed by atoms with Crippen LogP contribution in [0.5, 0.6) is 11.5 Å². The molecule has 0 saturated heterocycles. The van der Waals surface area contributed by atoms with Crippen LogP contribution >= 0.6 is 11.6 Å². The van der Waals surface area contributed by atoms with E-state index in [9.17, 15) is 4.79 Å². The Labute approximate surface area is 119 Å². The van der Waals surface area contributed by atoms with Crippen LogP contribution in [-0.4, -0.2) is 19.0 Å². The summed E-state index contributed by atoms with van der Waals surface area (Å²) in [6.45, 7) is 8.87. The number of hydrogen-bond acceptors (Lipinski definition) is 3. The SMILES string of the molecule is CCOc1cc(C(=O)CC)cc(Cl)c1OCC(C)C. The Morgan fingerprint density at radius 2 is 1.95 bits per heavy atom. The Balaban J connectivity index is 3.11. The van der Waals surface area contributed by atoms with Crippen LogP contribution in [0.15, 0.2) is 12.1 Å². The number of hydrogen-bond donors (Lipinski definition) is 0. The molecule has 0 N–H and O–H groups in total. The predicted octanol–water partition coefficient (Wildman–Crippen LogP) is 4.37. The fourth-order valence-electron chi connectivity index (χ4n) is 1.59. The van der Waals surface area contributed by atoms with Crippen LogP contribution in [-0.2, 0) is 0 Å². The lowest BCUT2D eigenvalue weighted by Crippen LogP contribution is -2.08. The second kappa shape index (κ2) is 7.39. The maximum atomic E-state index is 11.7. The maximum absolute atomic E-state index is 11.7. The minimum absolute atomic E-state index is 0.0401. The summed E-state index contributed by atoms with van der Waals surface area (Å²) >= 11 is 6.20. The smallest absolute Gasteiger partial charge is 0.179 e. The van der Waals surface area contributed by atoms with E-state index in [2.05, 4.69) is 13.8 Å². The van der Waals surface area contributed by atoms with Gasteiger partial charge in [-0.2, -0.15) is 0 Å². The summed E-state index contributed by atoms with van der Waals surface area (Å²) in [7, 11) is 0. The van der Waals surface area contributed by atoms with Crippen molar-refractivity contribution in [1.29, 1.82) is 0 Å². The zero-order valence-electron chi connectivity index (χ0n) is 12.0. The van der Waals surface area contributed by atoms with Gasteiger partial charge in [0.05, 0.1) is 18.2 Å². The molecule has 0 saturated carbocycles. The molecule has 106 valence electrons. The van der Waals surface area contributed by atoms with Gasteiger partial charge in [0.1, 0.15) is 0 Å². The molecule has 0 heterocycles. The number of ether oxygens (including phenoxy) is 2. The highest BCUT2D eigenvalue weighted by Crippen LogP contribution is 2.37. The molecule has 0 bridgehead atoms. The molecule has 0 aliphatic carbocycles. The molecule has 4 heteroatoms. The molecule has 0 spiro atoms. The van der Waals surface area contributed by atoms with E-state index in [0.717, 1.165) is 0 Å². The number of carbonyl (C=O) groups is 1. The van der Waals surface area contributed by atoms with E-state index in [-0.39, 0.29) is 5.78 Å². The van der Waals surface area contributed by atoms with E-state index >= 15 is 0 Å². The van der Waals surface area contributed by atoms with Crippen molar-refractivity contribution >= 4 is 17.4 Å². The first-order chi connectivity index (χ1) is 8.99. The van der Waals surface area contributed by atoms with Gasteiger partial charge in [-0.15, -0.1) is 0 Å². The third-order valence-corrected chi connectivity index (χ3v) is 2.79. The van der Waals surface area contributed by atoms with Crippen molar-refractivity contribution in [3.63, 3.8) is 0 Å². The molecule has 1 rings (SSSR count). The third kappa shape index (κ3) is 4.43. The highest BCUT2D eigenvalue weighted by molar-refractivity contribution is 6.32. The van der Waals surface area contributed by atoms with Crippen LogP contribution in [0.1, 0.15) is 44.5 Å². The van der Waals surface area contributed by atoms with E-state index in [0.29, 0.717) is 47.6 Å². The van der Waals surface area contributed by atoms with Gasteiger partial charge in [0, 0.05) is 12.0 Å². The molecule has 0 aliphatic rings. The van der Waals surface area contributed by atoms with E-state index in [1.807, 2.05) is 13.8 Å². The number of carbonyl (C=O) groups excluding carboxylic acids is 1. The van der Waals surface area contributed by atoms with Gasteiger partial charge in [0.25, 0.3) is 0 Å². The largest absolute Gasteiger partial charge is 0.490 e. The summed E-state index contributed by atoms with van der Waals surface area (Å²) in [5.74, 6) is 1.48. The molecule has 0 aliphatic heterocycles. The Bertz CT molecular complexity index is 441. The van der Waals surface area contributed by atoms with Gasteiger partial charge in [0.15, 0.2) is 17.3 Å². The molecule has 1 aromatic carbocycles. The molecule has 0 radical (unpaired) electrons. The van der Waals surface area contributed by atoms with Crippen molar-refractivity contribution in [3.8, 4) is 11.5 Å². The second-order valence-corrected chi connectivity index (χ2v) is 5.11. The molecule has 0 atom stereocenters. The number of benzene rings is 1. The molecule has 19 heavy (non-hydrogen) atoms. The second-order valence-electron chi connectivity index (χ2n) is 4.70. The molecule has 1 aromatic rings. The summed E-state index contributed by atoms with van der Waals surface area (Å²) in [6.07, 6.45) is 0.439. The number of rotatable bonds is 7. The van der Waals surface area contributed by atoms with Crippen LogP contribution in [0.25, 0.3) is 0 Å². The van der Waals surface area contributed by atoms with Crippen LogP contribution in [0.3, 0.4) is 0 Å². The van der Waals surface area contributed by atoms with Crippen molar-refractivity contribution in [3.05, 3.63) is 22.7 Å². The number of halogens is 1. The summed E-state index contributed by atoms with van der Waals surface area (Å²) in [5.41, 5.74) is 0.563. The Morgan fingerprint density at radius 3 is 2.47 bits per heavy atom. The number of ketones is 1. The van der Waals surface area contributed by atoms with Gasteiger partial charge in [-0.25, -0.2) is 0 Å². The summed E-state index contributed by atoms with van der Waals surface area (Å²) in [6, 6.07) is 3.35. The van der Waals surface area contributed by atoms with Crippen LogP contribution in [0, 0.1) is 5.92 Å². The lowest BCUT2D eigenvalue weighted by molar-refractivity contribution is 0.0987. The van der Waals surface area contributed by atoms with Crippen molar-refractivity contribution in [2.24, 2.45) is 5.92 Å². The van der Waals surface area contributed by atoms with Gasteiger partial charge >= 0.3 is 0 Å². The lowest BCUT2D eigenvalue weighted by atomic mass is 10.1. The van der Waals surface area contributed by atoms with Gasteiger partial charge in [0.2, 0.25) is 0 Å². The summed E-state index contributed by atoms with van der Waals surface area (Å²) < 4.78 is 11.2. The monoisotopic (exact) mass is 284 g/mol. The van der Waals surface area contributed by atoms with Gasteiger partial charge < -0.3 is 9.47 Å². The molecule has 0 amide bonds. The average molecular weight is 285 g/mol. The van der Waals surface area contributed by atoms with E-state index < -0.39 is 0 Å². The van der Waals surface area contributed by atoms with E-state index in [1.54, 1.807) is 12.1 Å². The van der Waals surface area contributed by atoms with Gasteiger partial charge in [-0.1, -0.05) is 32.4 Å². The normalized spacial score (nSPS) is 10.6. The Kier molecular flexibility index (Phi) is 6.16. The van der Waals surface area contributed by atoms with Crippen LogP contribution < -0.4 is 9.47 Å². The predicted molar refractivity (Wildman–Crippen MR) is 77.6 cm³/mol. The van der Waals surface area contributed by atoms with Gasteiger partial charge in [-0.3, -0.25) is 4.79 Å². The average Bonchev–Trinajstić information content (AvgIpc) is 2.36. The minimum Gasteiger partial charge on any atom is -0.490 e. The zero-order chi connectivity index (χ0) is 14.4. The quantitative estimate of drug-likeness (QED) is 0.698. The first-order valence-corrected chi connectivity index (χ1v) is 6.99. The molecule has 0 unspecified atom stereocenters. The first kappa shape index (κ1) is 15.8. The summed E-state index contributed by atoms with van der Waals surface area (Å²) in [5, 5.41) is 0.420. The third-order valence-electron chi connectivity index (χ3n) is 2.51. The maximum Gasteiger partial charge on any atom is 0.179 e. The fraction of sp³-hybridized carbons (Fsp3) is 0.533. The van der Waals surface area contributed by atoms with E-state index in [1.165, 1.54) is 0 Å². The molecule has 3 nitrogen and oxygen atoms in total. The molecule has 0 fully saturated rings. The molecular weight excluding hydrogens is 264 g/mol. The van der Waals surface area contributed by atoms with Crippen molar-refractivity contribution in [2.45, 2.75) is 34.1 Å². The van der Waals surface area contributed by atoms with Crippen molar-refractivity contribution in [2.75, 3.05) is 13.2 Å². The zero-order valence-corrected chi connectivity index (χ0v) is 12.7. The van der Waals surface area contributed by atoms with Crippen molar-refractivity contribution < 1.29 is 14.3 Å². The van der Waals surface area contributed by atoms with E-state index in [4.69, 9.17) is 21.1 Å². The minimum atomic E-state index is 0.0401. The van der Waals surface area contributed by atoms with Crippen molar-refractivity contribution in [1.82, 2.24) is 0 Å². The summed E-state index contributed by atoms with van der Waals surface area (Å²) in [4.78, 5) is 11.7. The molecule has 0 aromatic heterocycles. The topological polar surface area (TPSA) is 35.5 Å². The number of Topliss-reactive ketones (excluding diaryl/α,β-unsaturated/α-hetero) is 1. The molecular formula is C15H21ClO3. The Hall–Kier alpha value is -1.22. The standard InChI is InChI=1S/C15H21ClO3/c1-5-13(17)11-7-12(16)15(19-9-10(3)4)14(8-11)18-6-2/h7-8,10H,5-6,9H2,1-4H3. The van der Waals surface area contributed by atoms with Gasteiger partial charge in [-0.05, 0) is 25.0 Å². The van der Waals surface area contributed by atoms with Crippen LogP contribution in [0.4, 0.5) is 0 Å². The highest BCUT2D eigenvalue weighted by Gasteiger charge is 2.15. The highest BCUT2D eigenvalue weighted by atomic mass is 35.5. The Morgan fingerprint density at radius 1 is 1.26 bits per heavy atom. The first-order valence-electron chi connectivity index (χ1n) is 6.61.